The van der Waals surface area contributed by atoms with Crippen molar-refractivity contribution in [2.45, 2.75) is 13.8 Å². The van der Waals surface area contributed by atoms with Crippen LogP contribution in [0.4, 0.5) is 5.69 Å². The summed E-state index contributed by atoms with van der Waals surface area (Å²) in [6.45, 7) is 3.72. The van der Waals surface area contributed by atoms with Crippen molar-refractivity contribution in [2.24, 2.45) is 0 Å². The van der Waals surface area contributed by atoms with Gasteiger partial charge in [-0.05, 0) is 43.7 Å². The Hall–Kier alpha value is -2.82. The van der Waals surface area contributed by atoms with Gasteiger partial charge in [0.25, 0.3) is 5.91 Å². The minimum atomic E-state index is -1.04. The summed E-state index contributed by atoms with van der Waals surface area (Å²) < 4.78 is 5.32. The number of amides is 1. The van der Waals surface area contributed by atoms with Crippen LogP contribution in [0.3, 0.4) is 0 Å². The van der Waals surface area contributed by atoms with Crippen LogP contribution < -0.4 is 10.1 Å². The summed E-state index contributed by atoms with van der Waals surface area (Å²) in [7, 11) is 0. The van der Waals surface area contributed by atoms with Crippen LogP contribution in [-0.4, -0.2) is 23.6 Å². The maximum absolute atomic E-state index is 11.9. The van der Waals surface area contributed by atoms with Gasteiger partial charge in [0, 0.05) is 5.69 Å². The first-order valence-electron chi connectivity index (χ1n) is 6.79. The number of nitrogens with one attached hydrogen (secondary N) is 1. The van der Waals surface area contributed by atoms with Crippen LogP contribution in [0.25, 0.3) is 0 Å². The van der Waals surface area contributed by atoms with Crippen molar-refractivity contribution < 1.29 is 19.4 Å². The Kier molecular flexibility index (Phi) is 4.78. The Morgan fingerprint density at radius 1 is 1.14 bits per heavy atom. The molecule has 2 rings (SSSR count). The summed E-state index contributed by atoms with van der Waals surface area (Å²) in [5.41, 5.74) is 2.95. The van der Waals surface area contributed by atoms with Crippen molar-refractivity contribution in [3.05, 3.63) is 59.2 Å². The maximum atomic E-state index is 11.9. The van der Waals surface area contributed by atoms with E-state index in [9.17, 15) is 9.59 Å². The molecule has 0 heterocycles. The van der Waals surface area contributed by atoms with Crippen LogP contribution in [0, 0.1) is 13.8 Å². The normalized spacial score (nSPS) is 10.1. The molecule has 0 spiro atoms. The lowest BCUT2D eigenvalue weighted by Crippen LogP contribution is -2.20. The minimum absolute atomic E-state index is 0.118. The number of carbonyl (C=O) groups excluding carboxylic acids is 1. The number of aryl methyl sites for hydroxylation is 2. The lowest BCUT2D eigenvalue weighted by Gasteiger charge is -2.10. The summed E-state index contributed by atoms with van der Waals surface area (Å²) in [4.78, 5) is 22.8. The SMILES string of the molecule is Cc1ccc(NC(=O)COc2cccc(C(=O)O)c2)c(C)c1. The van der Waals surface area contributed by atoms with Gasteiger partial charge in [-0.1, -0.05) is 23.8 Å². The summed E-state index contributed by atoms with van der Waals surface area (Å²) in [6, 6.07) is 11.8. The van der Waals surface area contributed by atoms with Crippen LogP contribution in [0.2, 0.25) is 0 Å². The fourth-order valence-corrected chi connectivity index (χ4v) is 2.01. The molecule has 114 valence electrons. The zero-order valence-electron chi connectivity index (χ0n) is 12.4. The topological polar surface area (TPSA) is 75.6 Å². The second kappa shape index (κ2) is 6.76. The third kappa shape index (κ3) is 4.09. The highest BCUT2D eigenvalue weighted by molar-refractivity contribution is 5.92. The van der Waals surface area contributed by atoms with Gasteiger partial charge in [-0.3, -0.25) is 4.79 Å². The largest absolute Gasteiger partial charge is 0.484 e. The fraction of sp³-hybridized carbons (Fsp3) is 0.176. The second-order valence-electron chi connectivity index (χ2n) is 4.99. The molecular formula is C17H17NO4. The van der Waals surface area contributed by atoms with Gasteiger partial charge in [0.05, 0.1) is 5.56 Å². The number of benzene rings is 2. The van der Waals surface area contributed by atoms with Gasteiger partial charge < -0.3 is 15.2 Å². The zero-order valence-corrected chi connectivity index (χ0v) is 12.4. The van der Waals surface area contributed by atoms with E-state index in [1.807, 2.05) is 32.0 Å². The third-order valence-corrected chi connectivity index (χ3v) is 3.11. The van der Waals surface area contributed by atoms with Gasteiger partial charge in [-0.2, -0.15) is 0 Å². The number of aromatic carboxylic acids is 1. The molecule has 0 saturated carbocycles. The summed E-state index contributed by atoms with van der Waals surface area (Å²) >= 11 is 0. The van der Waals surface area contributed by atoms with Crippen LogP contribution in [0.1, 0.15) is 21.5 Å². The number of carboxylic acids is 1. The zero-order chi connectivity index (χ0) is 16.1. The van der Waals surface area contributed by atoms with Gasteiger partial charge in [-0.25, -0.2) is 4.79 Å². The number of rotatable bonds is 5. The molecule has 22 heavy (non-hydrogen) atoms. The molecule has 1 amide bonds. The second-order valence-corrected chi connectivity index (χ2v) is 4.99. The van der Waals surface area contributed by atoms with E-state index >= 15 is 0 Å². The van der Waals surface area contributed by atoms with E-state index in [2.05, 4.69) is 5.32 Å². The van der Waals surface area contributed by atoms with Crippen molar-refractivity contribution >= 4 is 17.6 Å². The average Bonchev–Trinajstić information content (AvgIpc) is 2.48. The molecule has 0 aliphatic rings. The molecule has 0 fully saturated rings. The van der Waals surface area contributed by atoms with E-state index in [1.165, 1.54) is 12.1 Å². The highest BCUT2D eigenvalue weighted by Gasteiger charge is 2.08. The Bertz CT molecular complexity index is 710. The number of ether oxygens (including phenoxy) is 1. The van der Waals surface area contributed by atoms with Crippen molar-refractivity contribution in [3.63, 3.8) is 0 Å². The quantitative estimate of drug-likeness (QED) is 0.890. The van der Waals surface area contributed by atoms with Gasteiger partial charge in [0.15, 0.2) is 6.61 Å². The highest BCUT2D eigenvalue weighted by atomic mass is 16.5. The summed E-state index contributed by atoms with van der Waals surface area (Å²) in [5, 5.41) is 11.7. The molecule has 0 radical (unpaired) electrons. The van der Waals surface area contributed by atoms with Gasteiger partial charge in [-0.15, -0.1) is 0 Å². The summed E-state index contributed by atoms with van der Waals surface area (Å²) in [5.74, 6) is -0.992. The molecule has 5 heteroatoms. The number of carbonyl (C=O) groups is 2. The molecule has 0 saturated heterocycles. The van der Waals surface area contributed by atoms with E-state index in [0.29, 0.717) is 5.75 Å². The number of anilines is 1. The number of carboxylic acid groups (broad SMARTS) is 1. The van der Waals surface area contributed by atoms with Gasteiger partial charge in [0.1, 0.15) is 5.75 Å². The van der Waals surface area contributed by atoms with Crippen LogP contribution in [-0.2, 0) is 4.79 Å². The minimum Gasteiger partial charge on any atom is -0.484 e. The molecule has 0 aliphatic heterocycles. The highest BCUT2D eigenvalue weighted by Crippen LogP contribution is 2.16. The Morgan fingerprint density at radius 3 is 2.59 bits per heavy atom. The molecule has 2 aromatic carbocycles. The summed E-state index contributed by atoms with van der Waals surface area (Å²) in [6.07, 6.45) is 0. The van der Waals surface area contributed by atoms with E-state index in [4.69, 9.17) is 9.84 Å². The monoisotopic (exact) mass is 299 g/mol. The van der Waals surface area contributed by atoms with Gasteiger partial charge in [0.2, 0.25) is 0 Å². The fourth-order valence-electron chi connectivity index (χ4n) is 2.01. The van der Waals surface area contributed by atoms with Crippen molar-refractivity contribution in [1.29, 1.82) is 0 Å². The lowest BCUT2D eigenvalue weighted by molar-refractivity contribution is -0.118. The molecule has 2 aromatic rings. The molecular weight excluding hydrogens is 282 g/mol. The van der Waals surface area contributed by atoms with Crippen LogP contribution in [0.5, 0.6) is 5.75 Å². The first kappa shape index (κ1) is 15.6. The van der Waals surface area contributed by atoms with Crippen LogP contribution in [0.15, 0.2) is 42.5 Å². The standard InChI is InChI=1S/C17H17NO4/c1-11-6-7-15(12(2)8-11)18-16(19)10-22-14-5-3-4-13(9-14)17(20)21/h3-9H,10H2,1-2H3,(H,18,19)(H,20,21). The Labute approximate surface area is 128 Å². The number of hydrogen-bond acceptors (Lipinski definition) is 3. The Balaban J connectivity index is 1.95. The van der Waals surface area contributed by atoms with E-state index < -0.39 is 5.97 Å². The van der Waals surface area contributed by atoms with Crippen molar-refractivity contribution in [1.82, 2.24) is 0 Å². The molecule has 0 unspecified atom stereocenters. The van der Waals surface area contributed by atoms with E-state index in [-0.39, 0.29) is 18.1 Å². The predicted octanol–water partition coefficient (Wildman–Crippen LogP) is 3.02. The third-order valence-electron chi connectivity index (χ3n) is 3.11. The van der Waals surface area contributed by atoms with Gasteiger partial charge >= 0.3 is 5.97 Å². The molecule has 0 atom stereocenters. The molecule has 5 nitrogen and oxygen atoms in total. The first-order chi connectivity index (χ1) is 10.5. The first-order valence-corrected chi connectivity index (χ1v) is 6.79. The van der Waals surface area contributed by atoms with Crippen LogP contribution >= 0.6 is 0 Å². The number of hydrogen-bond donors (Lipinski definition) is 2. The molecule has 0 bridgehead atoms. The van der Waals surface area contributed by atoms with E-state index in [0.717, 1.165) is 16.8 Å². The maximum Gasteiger partial charge on any atom is 0.335 e. The Morgan fingerprint density at radius 2 is 1.91 bits per heavy atom. The molecule has 0 aromatic heterocycles. The lowest BCUT2D eigenvalue weighted by atomic mass is 10.1. The predicted molar refractivity (Wildman–Crippen MR) is 83.4 cm³/mol. The van der Waals surface area contributed by atoms with Crippen molar-refractivity contribution in [3.8, 4) is 5.75 Å². The molecule has 2 N–H and O–H groups in total. The average molecular weight is 299 g/mol. The van der Waals surface area contributed by atoms with Crippen molar-refractivity contribution in [2.75, 3.05) is 11.9 Å². The molecule has 0 aliphatic carbocycles. The smallest absolute Gasteiger partial charge is 0.335 e. The van der Waals surface area contributed by atoms with E-state index in [1.54, 1.807) is 12.1 Å².